The van der Waals surface area contributed by atoms with Crippen LogP contribution < -0.4 is 10.1 Å². The summed E-state index contributed by atoms with van der Waals surface area (Å²) >= 11 is 6.33. The Kier molecular flexibility index (Phi) is 9.86. The average Bonchev–Trinajstić information content (AvgIpc) is 2.77. The van der Waals surface area contributed by atoms with Gasteiger partial charge in [-0.05, 0) is 48.1 Å². The molecule has 0 radical (unpaired) electrons. The molecule has 168 valence electrons. The van der Waals surface area contributed by atoms with Gasteiger partial charge in [-0.2, -0.15) is 0 Å². The molecule has 1 N–H and O–H groups in total. The van der Waals surface area contributed by atoms with Crippen LogP contribution in [0, 0.1) is 0 Å². The van der Waals surface area contributed by atoms with Crippen molar-refractivity contribution in [3.8, 4) is 5.75 Å². The van der Waals surface area contributed by atoms with E-state index in [1.807, 2.05) is 56.3 Å². The van der Waals surface area contributed by atoms with Crippen LogP contribution in [0.5, 0.6) is 5.75 Å². The smallest absolute Gasteiger partial charge is 0.261 e. The van der Waals surface area contributed by atoms with Gasteiger partial charge < -0.3 is 15.0 Å². The minimum atomic E-state index is -0.595. The summed E-state index contributed by atoms with van der Waals surface area (Å²) in [7, 11) is 0. The van der Waals surface area contributed by atoms with Gasteiger partial charge in [-0.3, -0.25) is 9.59 Å². The van der Waals surface area contributed by atoms with E-state index in [-0.39, 0.29) is 25.0 Å². The molecule has 0 aliphatic rings. The number of nitrogens with zero attached hydrogens (tertiary/aromatic N) is 1. The molecule has 2 amide bonds. The first-order valence-electron chi connectivity index (χ1n) is 10.9. The Morgan fingerprint density at radius 2 is 1.74 bits per heavy atom. The summed E-state index contributed by atoms with van der Waals surface area (Å²) in [5.41, 5.74) is 2.00. The number of hydrogen-bond donors (Lipinski definition) is 1. The van der Waals surface area contributed by atoms with Gasteiger partial charge in [-0.1, -0.05) is 69.6 Å². The molecular weight excluding hydrogens is 412 g/mol. The van der Waals surface area contributed by atoms with Crippen molar-refractivity contribution in [1.82, 2.24) is 10.2 Å². The largest absolute Gasteiger partial charge is 0.484 e. The Bertz CT molecular complexity index is 852. The highest BCUT2D eigenvalue weighted by molar-refractivity contribution is 6.31. The Labute approximate surface area is 190 Å². The van der Waals surface area contributed by atoms with E-state index < -0.39 is 6.04 Å². The first-order chi connectivity index (χ1) is 14.9. The number of benzene rings is 2. The highest BCUT2D eigenvalue weighted by Gasteiger charge is 2.29. The number of carbonyl (C=O) groups is 2. The van der Waals surface area contributed by atoms with Gasteiger partial charge >= 0.3 is 0 Å². The first kappa shape index (κ1) is 24.7. The van der Waals surface area contributed by atoms with Gasteiger partial charge in [-0.25, -0.2) is 0 Å². The molecule has 0 saturated heterocycles. The van der Waals surface area contributed by atoms with Gasteiger partial charge in [0.05, 0.1) is 0 Å². The maximum absolute atomic E-state index is 13.2. The lowest BCUT2D eigenvalue weighted by atomic mass is 10.0. The predicted octanol–water partition coefficient (Wildman–Crippen LogP) is 5.18. The topological polar surface area (TPSA) is 58.6 Å². The quantitative estimate of drug-likeness (QED) is 0.519. The van der Waals surface area contributed by atoms with Crippen LogP contribution in [0.3, 0.4) is 0 Å². The number of carbonyl (C=O) groups excluding carboxylic acids is 2. The van der Waals surface area contributed by atoms with Crippen LogP contribution in [0.4, 0.5) is 0 Å². The molecule has 2 aromatic rings. The standard InChI is InChI=1S/C25H33ClN2O3/c1-5-15-27-25(30)23(6-2)28(16-20-9-7-8-10-22(20)26)24(29)17-31-21-13-11-19(12-14-21)18(3)4/h7-14,18,23H,5-6,15-17H2,1-4H3,(H,27,30)/t23-/m1/s1. The lowest BCUT2D eigenvalue weighted by molar-refractivity contribution is -0.143. The monoisotopic (exact) mass is 444 g/mol. The van der Waals surface area contributed by atoms with Crippen LogP contribution in [0.2, 0.25) is 5.02 Å². The van der Waals surface area contributed by atoms with Crippen molar-refractivity contribution >= 4 is 23.4 Å². The van der Waals surface area contributed by atoms with Crippen LogP contribution in [0.15, 0.2) is 48.5 Å². The molecular formula is C25H33ClN2O3. The molecule has 31 heavy (non-hydrogen) atoms. The summed E-state index contributed by atoms with van der Waals surface area (Å²) in [5, 5.41) is 3.47. The number of nitrogens with one attached hydrogen (secondary N) is 1. The molecule has 0 spiro atoms. The van der Waals surface area contributed by atoms with E-state index in [4.69, 9.17) is 16.3 Å². The summed E-state index contributed by atoms with van der Waals surface area (Å²) in [6.07, 6.45) is 1.32. The van der Waals surface area contributed by atoms with Crippen molar-refractivity contribution in [3.63, 3.8) is 0 Å². The SMILES string of the molecule is CCCNC(=O)[C@@H](CC)N(Cc1ccccc1Cl)C(=O)COc1ccc(C(C)C)cc1. The zero-order valence-electron chi connectivity index (χ0n) is 18.9. The number of amides is 2. The van der Waals surface area contributed by atoms with Gasteiger partial charge in [0.15, 0.2) is 6.61 Å². The number of rotatable bonds is 11. The van der Waals surface area contributed by atoms with E-state index in [0.29, 0.717) is 29.7 Å². The normalized spacial score (nSPS) is 11.8. The lowest BCUT2D eigenvalue weighted by Crippen LogP contribution is -2.50. The van der Waals surface area contributed by atoms with E-state index in [2.05, 4.69) is 19.2 Å². The molecule has 6 heteroatoms. The molecule has 0 aliphatic heterocycles. The van der Waals surface area contributed by atoms with Crippen molar-refractivity contribution in [2.75, 3.05) is 13.2 Å². The Morgan fingerprint density at radius 3 is 2.32 bits per heavy atom. The molecule has 0 aromatic heterocycles. The van der Waals surface area contributed by atoms with Crippen LogP contribution in [-0.4, -0.2) is 35.9 Å². The third-order valence-corrected chi connectivity index (χ3v) is 5.51. The summed E-state index contributed by atoms with van der Waals surface area (Å²) < 4.78 is 5.75. The second-order valence-electron chi connectivity index (χ2n) is 7.84. The molecule has 0 bridgehead atoms. The van der Waals surface area contributed by atoms with Crippen LogP contribution >= 0.6 is 11.6 Å². The molecule has 1 atom stereocenters. The van der Waals surface area contributed by atoms with Gasteiger partial charge in [-0.15, -0.1) is 0 Å². The Morgan fingerprint density at radius 1 is 1.06 bits per heavy atom. The van der Waals surface area contributed by atoms with Crippen LogP contribution in [0.1, 0.15) is 57.6 Å². The number of halogens is 1. The fourth-order valence-corrected chi connectivity index (χ4v) is 3.47. The predicted molar refractivity (Wildman–Crippen MR) is 125 cm³/mol. The highest BCUT2D eigenvalue weighted by Crippen LogP contribution is 2.21. The molecule has 0 aliphatic carbocycles. The van der Waals surface area contributed by atoms with Gasteiger partial charge in [0, 0.05) is 18.1 Å². The fraction of sp³-hybridized carbons (Fsp3) is 0.440. The van der Waals surface area contributed by atoms with Crippen molar-refractivity contribution < 1.29 is 14.3 Å². The summed E-state index contributed by atoms with van der Waals surface area (Å²) in [6.45, 7) is 8.80. The second-order valence-corrected chi connectivity index (χ2v) is 8.25. The van der Waals surface area contributed by atoms with Crippen molar-refractivity contribution in [3.05, 3.63) is 64.7 Å². The van der Waals surface area contributed by atoms with E-state index in [9.17, 15) is 9.59 Å². The minimum absolute atomic E-state index is 0.150. The third-order valence-electron chi connectivity index (χ3n) is 5.14. The molecule has 0 fully saturated rings. The lowest BCUT2D eigenvalue weighted by Gasteiger charge is -2.30. The summed E-state index contributed by atoms with van der Waals surface area (Å²) in [4.78, 5) is 27.5. The molecule has 2 aromatic carbocycles. The van der Waals surface area contributed by atoms with Crippen LogP contribution in [0.25, 0.3) is 0 Å². The van der Waals surface area contributed by atoms with Crippen molar-refractivity contribution in [1.29, 1.82) is 0 Å². The zero-order chi connectivity index (χ0) is 22.8. The van der Waals surface area contributed by atoms with Crippen LogP contribution in [-0.2, 0) is 16.1 Å². The zero-order valence-corrected chi connectivity index (χ0v) is 19.6. The minimum Gasteiger partial charge on any atom is -0.484 e. The third kappa shape index (κ3) is 7.28. The highest BCUT2D eigenvalue weighted by atomic mass is 35.5. The second kappa shape index (κ2) is 12.4. The van der Waals surface area contributed by atoms with Gasteiger partial charge in [0.1, 0.15) is 11.8 Å². The van der Waals surface area contributed by atoms with Gasteiger partial charge in [0.2, 0.25) is 5.91 Å². The van der Waals surface area contributed by atoms with E-state index in [0.717, 1.165) is 12.0 Å². The summed E-state index contributed by atoms with van der Waals surface area (Å²) in [6, 6.07) is 14.5. The van der Waals surface area contributed by atoms with E-state index in [1.165, 1.54) is 5.56 Å². The fourth-order valence-electron chi connectivity index (χ4n) is 3.27. The molecule has 5 nitrogen and oxygen atoms in total. The Balaban J connectivity index is 2.18. The van der Waals surface area contributed by atoms with Crippen molar-refractivity contribution in [2.45, 2.75) is 59.0 Å². The molecule has 0 heterocycles. The molecule has 0 saturated carbocycles. The van der Waals surface area contributed by atoms with Crippen molar-refractivity contribution in [2.24, 2.45) is 0 Å². The van der Waals surface area contributed by atoms with E-state index in [1.54, 1.807) is 11.0 Å². The molecule has 2 rings (SSSR count). The average molecular weight is 445 g/mol. The Hall–Kier alpha value is -2.53. The number of ether oxygens (including phenoxy) is 1. The van der Waals surface area contributed by atoms with E-state index >= 15 is 0 Å². The maximum atomic E-state index is 13.2. The maximum Gasteiger partial charge on any atom is 0.261 e. The number of hydrogen-bond acceptors (Lipinski definition) is 3. The first-order valence-corrected chi connectivity index (χ1v) is 11.3. The molecule has 0 unspecified atom stereocenters. The summed E-state index contributed by atoms with van der Waals surface area (Å²) in [5.74, 6) is 0.630. The van der Waals surface area contributed by atoms with Gasteiger partial charge in [0.25, 0.3) is 5.91 Å².